The number of aromatic nitrogens is 1. The van der Waals surface area contributed by atoms with E-state index in [-0.39, 0.29) is 18.0 Å². The number of H-pyrrole nitrogens is 1. The zero-order valence-corrected chi connectivity index (χ0v) is 17.8. The molecule has 0 saturated carbocycles. The predicted octanol–water partition coefficient (Wildman–Crippen LogP) is 3.49. The van der Waals surface area contributed by atoms with Crippen LogP contribution in [-0.2, 0) is 16.0 Å². The zero-order chi connectivity index (χ0) is 21.8. The second kappa shape index (κ2) is 7.13. The molecule has 2 aliphatic rings. The number of aromatic amines is 1. The number of ether oxygens (including phenoxy) is 2. The average molecular weight is 419 g/mol. The molecule has 1 saturated heterocycles. The summed E-state index contributed by atoms with van der Waals surface area (Å²) in [6.45, 7) is 2.84. The van der Waals surface area contributed by atoms with E-state index >= 15 is 0 Å². The minimum Gasteiger partial charge on any atom is -0.491 e. The Hall–Kier alpha value is -3.32. The highest BCUT2D eigenvalue weighted by Gasteiger charge is 2.59. The van der Waals surface area contributed by atoms with Crippen LogP contribution in [0.5, 0.6) is 5.75 Å². The molecule has 3 heterocycles. The molecule has 31 heavy (non-hydrogen) atoms. The number of imide groups is 1. The van der Waals surface area contributed by atoms with Gasteiger partial charge in [-0.2, -0.15) is 0 Å². The van der Waals surface area contributed by atoms with Gasteiger partial charge in [0.15, 0.2) is 0 Å². The van der Waals surface area contributed by atoms with Crippen LogP contribution in [0.4, 0.5) is 4.79 Å². The fourth-order valence-corrected chi connectivity index (χ4v) is 4.91. The highest BCUT2D eigenvalue weighted by atomic mass is 16.5. The molecule has 0 radical (unpaired) electrons. The van der Waals surface area contributed by atoms with Gasteiger partial charge in [0.1, 0.15) is 23.9 Å². The summed E-state index contributed by atoms with van der Waals surface area (Å²) in [5, 5.41) is 1.02. The third kappa shape index (κ3) is 2.84. The van der Waals surface area contributed by atoms with Gasteiger partial charge in [0, 0.05) is 37.2 Å². The lowest BCUT2D eigenvalue weighted by Gasteiger charge is -2.42. The van der Waals surface area contributed by atoms with E-state index in [1.807, 2.05) is 55.5 Å². The van der Waals surface area contributed by atoms with Crippen molar-refractivity contribution in [3.63, 3.8) is 0 Å². The molecule has 0 spiro atoms. The Balaban J connectivity index is 1.69. The Kier molecular flexibility index (Phi) is 4.51. The van der Waals surface area contributed by atoms with Gasteiger partial charge in [0.25, 0.3) is 5.91 Å². The van der Waals surface area contributed by atoms with Crippen LogP contribution in [0.3, 0.4) is 0 Å². The first-order valence-corrected chi connectivity index (χ1v) is 10.4. The first-order valence-electron chi connectivity index (χ1n) is 10.4. The van der Waals surface area contributed by atoms with E-state index < -0.39 is 5.54 Å². The normalized spacial score (nSPS) is 22.7. The van der Waals surface area contributed by atoms with Crippen LogP contribution in [0.15, 0.2) is 48.5 Å². The smallest absolute Gasteiger partial charge is 0.328 e. The third-order valence-electron chi connectivity index (χ3n) is 6.42. The fraction of sp³-hybridized carbons (Fsp3) is 0.333. The number of carbonyl (C=O) groups excluding carboxylic acids is 2. The summed E-state index contributed by atoms with van der Waals surface area (Å²) in [6, 6.07) is 15.1. The van der Waals surface area contributed by atoms with Crippen molar-refractivity contribution in [3.8, 4) is 5.75 Å². The van der Waals surface area contributed by atoms with Gasteiger partial charge in [-0.25, -0.2) is 4.79 Å². The van der Waals surface area contributed by atoms with Crippen LogP contribution >= 0.6 is 0 Å². The topological polar surface area (TPSA) is 74.9 Å². The molecule has 1 N–H and O–H groups in total. The number of likely N-dealkylation sites (N-methyl/N-ethyl adjacent to an activating group) is 1. The maximum absolute atomic E-state index is 13.2. The number of urea groups is 1. The molecule has 2 atom stereocenters. The SMILES string of the molecule is COCCOc1ccc2[nH]c3c(c2c1)CC1(C)C(=O)N(C)C(=O)N1C3c1ccccc1. The largest absolute Gasteiger partial charge is 0.491 e. The molecule has 160 valence electrons. The fourth-order valence-electron chi connectivity index (χ4n) is 4.91. The number of methoxy groups -OCH3 is 1. The van der Waals surface area contributed by atoms with Gasteiger partial charge < -0.3 is 14.5 Å². The number of fused-ring (bicyclic) bond motifs is 4. The molecule has 3 amide bonds. The van der Waals surface area contributed by atoms with Crippen molar-refractivity contribution in [2.75, 3.05) is 27.4 Å². The molecular weight excluding hydrogens is 394 g/mol. The lowest BCUT2D eigenvalue weighted by atomic mass is 9.81. The molecule has 1 aromatic heterocycles. The number of hydrogen-bond donors (Lipinski definition) is 1. The first-order chi connectivity index (χ1) is 15.0. The molecule has 3 aromatic rings. The van der Waals surface area contributed by atoms with E-state index in [4.69, 9.17) is 9.47 Å². The molecule has 7 heteroatoms. The zero-order valence-electron chi connectivity index (χ0n) is 17.8. The number of nitrogens with one attached hydrogen (secondary N) is 1. The molecule has 7 nitrogen and oxygen atoms in total. The van der Waals surface area contributed by atoms with Crippen LogP contribution in [-0.4, -0.2) is 59.6 Å². The third-order valence-corrected chi connectivity index (χ3v) is 6.42. The number of benzene rings is 2. The summed E-state index contributed by atoms with van der Waals surface area (Å²) in [5.74, 6) is 0.576. The van der Waals surface area contributed by atoms with Gasteiger partial charge in [0.2, 0.25) is 0 Å². The Bertz CT molecular complexity index is 1170. The number of carbonyl (C=O) groups is 2. The molecule has 2 unspecified atom stereocenters. The quantitative estimate of drug-likeness (QED) is 0.507. The van der Waals surface area contributed by atoms with Crippen molar-refractivity contribution in [3.05, 3.63) is 65.4 Å². The van der Waals surface area contributed by atoms with Crippen LogP contribution < -0.4 is 4.74 Å². The second-order valence-corrected chi connectivity index (χ2v) is 8.35. The van der Waals surface area contributed by atoms with E-state index in [0.717, 1.165) is 33.5 Å². The minimum atomic E-state index is -0.943. The predicted molar refractivity (Wildman–Crippen MR) is 116 cm³/mol. The first kappa shape index (κ1) is 19.6. The molecule has 0 bridgehead atoms. The van der Waals surface area contributed by atoms with Gasteiger partial charge >= 0.3 is 6.03 Å². The maximum atomic E-state index is 13.2. The van der Waals surface area contributed by atoms with Crippen molar-refractivity contribution < 1.29 is 19.1 Å². The van der Waals surface area contributed by atoms with Gasteiger partial charge in [0.05, 0.1) is 6.61 Å². The number of hydrogen-bond acceptors (Lipinski definition) is 4. The molecule has 1 fully saturated rings. The van der Waals surface area contributed by atoms with Gasteiger partial charge in [-0.1, -0.05) is 30.3 Å². The maximum Gasteiger partial charge on any atom is 0.328 e. The van der Waals surface area contributed by atoms with Gasteiger partial charge in [-0.15, -0.1) is 0 Å². The second-order valence-electron chi connectivity index (χ2n) is 8.35. The molecular formula is C24H25N3O4. The number of nitrogens with zero attached hydrogens (tertiary/aromatic N) is 2. The highest BCUT2D eigenvalue weighted by molar-refractivity contribution is 6.08. The number of amides is 3. The van der Waals surface area contributed by atoms with Crippen LogP contribution in [0, 0.1) is 0 Å². The summed E-state index contributed by atoms with van der Waals surface area (Å²) < 4.78 is 10.9. The summed E-state index contributed by atoms with van der Waals surface area (Å²) in [4.78, 5) is 32.8. The van der Waals surface area contributed by atoms with E-state index in [1.165, 1.54) is 4.90 Å². The molecule has 5 rings (SSSR count). The molecule has 2 aromatic carbocycles. The van der Waals surface area contributed by atoms with Gasteiger partial charge in [-0.05, 0) is 36.2 Å². The van der Waals surface area contributed by atoms with E-state index in [0.29, 0.717) is 19.6 Å². The van der Waals surface area contributed by atoms with Crippen molar-refractivity contribution in [2.24, 2.45) is 0 Å². The Morgan fingerprint density at radius 1 is 1.13 bits per heavy atom. The van der Waals surface area contributed by atoms with Gasteiger partial charge in [-0.3, -0.25) is 14.6 Å². The number of rotatable bonds is 5. The van der Waals surface area contributed by atoms with Crippen LogP contribution in [0.2, 0.25) is 0 Å². The Morgan fingerprint density at radius 2 is 1.90 bits per heavy atom. The van der Waals surface area contributed by atoms with Crippen molar-refractivity contribution in [1.29, 1.82) is 0 Å². The summed E-state index contributed by atoms with van der Waals surface area (Å²) in [6.07, 6.45) is 0.447. The average Bonchev–Trinajstić information content (AvgIpc) is 3.21. The van der Waals surface area contributed by atoms with Crippen molar-refractivity contribution >= 4 is 22.8 Å². The van der Waals surface area contributed by atoms with Crippen molar-refractivity contribution in [2.45, 2.75) is 24.9 Å². The van der Waals surface area contributed by atoms with E-state index in [9.17, 15) is 9.59 Å². The van der Waals surface area contributed by atoms with E-state index in [1.54, 1.807) is 19.1 Å². The van der Waals surface area contributed by atoms with Crippen LogP contribution in [0.1, 0.15) is 29.8 Å². The Morgan fingerprint density at radius 3 is 2.65 bits per heavy atom. The summed E-state index contributed by atoms with van der Waals surface area (Å²) >= 11 is 0. The van der Waals surface area contributed by atoms with Crippen LogP contribution in [0.25, 0.3) is 10.9 Å². The molecule has 2 aliphatic heterocycles. The van der Waals surface area contributed by atoms with E-state index in [2.05, 4.69) is 4.98 Å². The molecule has 0 aliphatic carbocycles. The Labute approximate surface area is 180 Å². The lowest BCUT2D eigenvalue weighted by molar-refractivity contribution is -0.132. The summed E-state index contributed by atoms with van der Waals surface area (Å²) in [7, 11) is 3.20. The monoisotopic (exact) mass is 419 g/mol. The van der Waals surface area contributed by atoms with Crippen molar-refractivity contribution in [1.82, 2.24) is 14.8 Å². The highest BCUT2D eigenvalue weighted by Crippen LogP contribution is 2.48. The summed E-state index contributed by atoms with van der Waals surface area (Å²) in [5.41, 5.74) is 2.99. The standard InChI is InChI=1S/C24H25N3O4/c1-24-14-18-17-13-16(31-12-11-30-3)9-10-19(17)25-20(18)21(15-7-5-4-6-8-15)27(24)23(29)26(2)22(24)28/h4-10,13,21,25H,11-12,14H2,1-3H3. The minimum absolute atomic E-state index is 0.175. The lowest BCUT2D eigenvalue weighted by Crippen LogP contribution is -2.53.